The van der Waals surface area contributed by atoms with Crippen LogP contribution in [0.25, 0.3) is 5.69 Å². The summed E-state index contributed by atoms with van der Waals surface area (Å²) in [4.78, 5) is 16.6. The number of hydrogen-bond acceptors (Lipinski definition) is 5. The smallest absolute Gasteiger partial charge is 0.251 e. The van der Waals surface area contributed by atoms with E-state index in [0.29, 0.717) is 54.9 Å². The summed E-state index contributed by atoms with van der Waals surface area (Å²) in [6, 6.07) is 11.0. The van der Waals surface area contributed by atoms with Crippen molar-refractivity contribution in [3.8, 4) is 17.2 Å². The zero-order valence-corrected chi connectivity index (χ0v) is 15.3. The van der Waals surface area contributed by atoms with Crippen LogP contribution in [0, 0.1) is 12.7 Å². The van der Waals surface area contributed by atoms with Gasteiger partial charge in [0.25, 0.3) is 5.91 Å². The monoisotopic (exact) mass is 382 g/mol. The van der Waals surface area contributed by atoms with Gasteiger partial charge in [-0.3, -0.25) is 4.79 Å². The van der Waals surface area contributed by atoms with Crippen LogP contribution >= 0.6 is 0 Å². The summed E-state index contributed by atoms with van der Waals surface area (Å²) >= 11 is 0. The Hall–Kier alpha value is -3.42. The first-order valence-corrected chi connectivity index (χ1v) is 8.96. The Morgan fingerprint density at radius 2 is 1.89 bits per heavy atom. The van der Waals surface area contributed by atoms with E-state index in [0.717, 1.165) is 5.69 Å². The van der Waals surface area contributed by atoms with Crippen molar-refractivity contribution in [2.45, 2.75) is 13.3 Å². The first-order valence-electron chi connectivity index (χ1n) is 8.96. The number of rotatable bonds is 5. The van der Waals surface area contributed by atoms with Gasteiger partial charge >= 0.3 is 0 Å². The molecule has 28 heavy (non-hydrogen) atoms. The minimum atomic E-state index is -0.375. The summed E-state index contributed by atoms with van der Waals surface area (Å²) in [5, 5.41) is 7.27. The van der Waals surface area contributed by atoms with Gasteiger partial charge in [0.05, 0.1) is 5.69 Å². The zero-order valence-electron chi connectivity index (χ0n) is 15.3. The molecule has 0 saturated heterocycles. The van der Waals surface area contributed by atoms with Crippen molar-refractivity contribution in [3.63, 3.8) is 0 Å². The number of hydrogen-bond donors (Lipinski definition) is 1. The molecule has 0 spiro atoms. The lowest BCUT2D eigenvalue weighted by Gasteiger charge is -2.19. The highest BCUT2D eigenvalue weighted by molar-refractivity contribution is 5.94. The van der Waals surface area contributed by atoms with Crippen molar-refractivity contribution < 1.29 is 18.7 Å². The van der Waals surface area contributed by atoms with E-state index >= 15 is 0 Å². The molecule has 2 aromatic carbocycles. The topological polar surface area (TPSA) is 78.3 Å². The van der Waals surface area contributed by atoms with Gasteiger partial charge in [-0.25, -0.2) is 14.1 Å². The van der Waals surface area contributed by atoms with Gasteiger partial charge in [0.1, 0.15) is 30.7 Å². The number of nitrogens with zero attached hydrogens (tertiary/aromatic N) is 3. The first kappa shape index (κ1) is 18.0. The maximum atomic E-state index is 13.0. The van der Waals surface area contributed by atoms with Crippen LogP contribution < -0.4 is 14.8 Å². The lowest BCUT2D eigenvalue weighted by Crippen LogP contribution is -2.26. The van der Waals surface area contributed by atoms with E-state index in [2.05, 4.69) is 15.4 Å². The van der Waals surface area contributed by atoms with Crippen LogP contribution in [0.15, 0.2) is 42.5 Å². The Morgan fingerprint density at radius 3 is 2.68 bits per heavy atom. The number of benzene rings is 2. The average molecular weight is 382 g/mol. The molecule has 0 saturated carbocycles. The number of aryl methyl sites for hydroxylation is 1. The Morgan fingerprint density at radius 1 is 1.14 bits per heavy atom. The molecule has 1 aliphatic heterocycles. The maximum Gasteiger partial charge on any atom is 0.251 e. The van der Waals surface area contributed by atoms with Gasteiger partial charge in [-0.1, -0.05) is 0 Å². The molecule has 0 aliphatic carbocycles. The molecule has 0 atom stereocenters. The van der Waals surface area contributed by atoms with Crippen molar-refractivity contribution in [3.05, 3.63) is 65.5 Å². The normalized spacial score (nSPS) is 12.6. The fraction of sp³-hybridized carbons (Fsp3) is 0.250. The van der Waals surface area contributed by atoms with E-state index in [-0.39, 0.29) is 11.7 Å². The standard InChI is InChI=1S/C20H19FN4O3/c1-13-23-19(8-9-22-20(26)14-2-4-15(21)5-3-14)25(24-13)16-6-7-17-18(12-16)28-11-10-27-17/h2-7,12H,8-11H2,1H3,(H,22,26). The summed E-state index contributed by atoms with van der Waals surface area (Å²) in [7, 11) is 0. The van der Waals surface area contributed by atoms with Crippen LogP contribution in [0.4, 0.5) is 4.39 Å². The van der Waals surface area contributed by atoms with Crippen LogP contribution in [0.5, 0.6) is 11.5 Å². The molecule has 0 bridgehead atoms. The fourth-order valence-corrected chi connectivity index (χ4v) is 2.98. The molecule has 3 aromatic rings. The van der Waals surface area contributed by atoms with Crippen LogP contribution in [0.1, 0.15) is 22.0 Å². The number of carbonyl (C=O) groups is 1. The van der Waals surface area contributed by atoms with Gasteiger partial charge in [0.2, 0.25) is 0 Å². The second-order valence-corrected chi connectivity index (χ2v) is 6.33. The molecule has 2 heterocycles. The first-order chi connectivity index (χ1) is 13.6. The van der Waals surface area contributed by atoms with E-state index in [1.807, 2.05) is 25.1 Å². The highest BCUT2D eigenvalue weighted by Crippen LogP contribution is 2.32. The molecule has 0 radical (unpaired) electrons. The molecule has 1 amide bonds. The number of ether oxygens (including phenoxy) is 2. The summed E-state index contributed by atoms with van der Waals surface area (Å²) in [6.07, 6.45) is 0.488. The van der Waals surface area contributed by atoms with E-state index in [1.165, 1.54) is 24.3 Å². The number of carbonyl (C=O) groups excluding carboxylic acids is 1. The molecule has 1 aromatic heterocycles. The van der Waals surface area contributed by atoms with E-state index < -0.39 is 0 Å². The minimum Gasteiger partial charge on any atom is -0.486 e. The molecular formula is C20H19FN4O3. The van der Waals surface area contributed by atoms with E-state index in [1.54, 1.807) is 4.68 Å². The van der Waals surface area contributed by atoms with E-state index in [4.69, 9.17) is 9.47 Å². The van der Waals surface area contributed by atoms with Gasteiger partial charge < -0.3 is 14.8 Å². The largest absolute Gasteiger partial charge is 0.486 e. The molecule has 4 rings (SSSR count). The van der Waals surface area contributed by atoms with Crippen LogP contribution in [0.3, 0.4) is 0 Å². The SMILES string of the molecule is Cc1nc(CCNC(=O)c2ccc(F)cc2)n(-c2ccc3c(c2)OCCO3)n1. The van der Waals surface area contributed by atoms with Crippen molar-refractivity contribution in [1.82, 2.24) is 20.1 Å². The van der Waals surface area contributed by atoms with Crippen molar-refractivity contribution in [2.75, 3.05) is 19.8 Å². The molecular weight excluding hydrogens is 363 g/mol. The van der Waals surface area contributed by atoms with Gasteiger partial charge in [-0.05, 0) is 43.3 Å². The Kier molecular flexibility index (Phi) is 4.92. The third-order valence-electron chi connectivity index (χ3n) is 4.29. The third-order valence-corrected chi connectivity index (χ3v) is 4.29. The summed E-state index contributed by atoms with van der Waals surface area (Å²) in [6.45, 7) is 3.23. The number of fused-ring (bicyclic) bond motifs is 1. The number of amides is 1. The number of halogens is 1. The summed E-state index contributed by atoms with van der Waals surface area (Å²) in [5.74, 6) is 2.09. The average Bonchev–Trinajstić information content (AvgIpc) is 3.08. The van der Waals surface area contributed by atoms with Gasteiger partial charge in [-0.2, -0.15) is 5.10 Å². The molecule has 7 nitrogen and oxygen atoms in total. The summed E-state index contributed by atoms with van der Waals surface area (Å²) in [5.41, 5.74) is 1.22. The lowest BCUT2D eigenvalue weighted by molar-refractivity contribution is 0.0954. The minimum absolute atomic E-state index is 0.262. The predicted molar refractivity (Wildman–Crippen MR) is 99.5 cm³/mol. The van der Waals surface area contributed by atoms with Crippen molar-refractivity contribution in [2.24, 2.45) is 0 Å². The number of nitrogens with one attached hydrogen (secondary N) is 1. The quantitative estimate of drug-likeness (QED) is 0.733. The van der Waals surface area contributed by atoms with Crippen molar-refractivity contribution >= 4 is 5.91 Å². The highest BCUT2D eigenvalue weighted by Gasteiger charge is 2.16. The van der Waals surface area contributed by atoms with Crippen molar-refractivity contribution in [1.29, 1.82) is 0 Å². The third kappa shape index (κ3) is 3.80. The summed E-state index contributed by atoms with van der Waals surface area (Å²) < 4.78 is 25.9. The Bertz CT molecular complexity index is 1000. The molecule has 1 aliphatic rings. The highest BCUT2D eigenvalue weighted by atomic mass is 19.1. The second kappa shape index (κ2) is 7.67. The molecule has 8 heteroatoms. The Balaban J connectivity index is 1.46. The molecule has 1 N–H and O–H groups in total. The van der Waals surface area contributed by atoms with Gasteiger partial charge in [-0.15, -0.1) is 0 Å². The Labute approximate surface area is 161 Å². The van der Waals surface area contributed by atoms with Crippen LogP contribution in [-0.4, -0.2) is 40.4 Å². The van der Waals surface area contributed by atoms with Gasteiger partial charge in [0.15, 0.2) is 11.5 Å². The molecule has 0 fully saturated rings. The molecule has 0 unspecified atom stereocenters. The van der Waals surface area contributed by atoms with E-state index in [9.17, 15) is 9.18 Å². The van der Waals surface area contributed by atoms with Gasteiger partial charge in [0, 0.05) is 24.6 Å². The zero-order chi connectivity index (χ0) is 19.5. The predicted octanol–water partition coefficient (Wildman–Crippen LogP) is 2.46. The lowest BCUT2D eigenvalue weighted by atomic mass is 10.2. The van der Waals surface area contributed by atoms with Crippen LogP contribution in [0.2, 0.25) is 0 Å². The van der Waals surface area contributed by atoms with Crippen LogP contribution in [-0.2, 0) is 6.42 Å². The second-order valence-electron chi connectivity index (χ2n) is 6.33. The maximum absolute atomic E-state index is 13.0. The fourth-order valence-electron chi connectivity index (χ4n) is 2.98. The molecule has 144 valence electrons. The number of aromatic nitrogens is 3.